The van der Waals surface area contributed by atoms with Crippen LogP contribution in [0.2, 0.25) is 0 Å². The lowest BCUT2D eigenvalue weighted by Gasteiger charge is -2.07. The molecule has 1 heterocycles. The number of aromatic hydroxyl groups is 1. The zero-order valence-electron chi connectivity index (χ0n) is 6.76. The van der Waals surface area contributed by atoms with E-state index in [1.165, 1.54) is 12.3 Å². The Balaban J connectivity index is 2.80. The normalized spacial score (nSPS) is 12.2. The van der Waals surface area contributed by atoms with Gasteiger partial charge in [-0.3, -0.25) is 5.10 Å². The van der Waals surface area contributed by atoms with Gasteiger partial charge in [-0.1, -0.05) is 0 Å². The molecule has 0 saturated heterocycles. The summed E-state index contributed by atoms with van der Waals surface area (Å²) in [6.45, 7) is 0. The topological polar surface area (TPSA) is 48.9 Å². The summed E-state index contributed by atoms with van der Waals surface area (Å²) in [4.78, 5) is 0. The Morgan fingerprint density at radius 1 is 1.29 bits per heavy atom. The zero-order valence-corrected chi connectivity index (χ0v) is 6.76. The summed E-state index contributed by atoms with van der Waals surface area (Å²) >= 11 is 0. The summed E-state index contributed by atoms with van der Waals surface area (Å²) in [6.07, 6.45) is -3.27. The molecule has 0 aliphatic carbocycles. The van der Waals surface area contributed by atoms with Gasteiger partial charge in [0.1, 0.15) is 5.75 Å². The largest absolute Gasteiger partial charge is 0.508 e. The Morgan fingerprint density at radius 2 is 2.00 bits per heavy atom. The second-order valence-electron chi connectivity index (χ2n) is 2.83. The monoisotopic (exact) mass is 202 g/mol. The van der Waals surface area contributed by atoms with Crippen LogP contribution in [-0.4, -0.2) is 15.3 Å². The highest BCUT2D eigenvalue weighted by molar-refractivity contribution is 5.83. The van der Waals surface area contributed by atoms with Crippen LogP contribution in [0.3, 0.4) is 0 Å². The van der Waals surface area contributed by atoms with Crippen LogP contribution in [0.4, 0.5) is 13.2 Å². The predicted molar refractivity (Wildman–Crippen MR) is 42.8 cm³/mol. The van der Waals surface area contributed by atoms with Crippen molar-refractivity contribution in [3.05, 3.63) is 23.9 Å². The summed E-state index contributed by atoms with van der Waals surface area (Å²) in [6, 6.07) is 1.88. The minimum absolute atomic E-state index is 0.115. The molecule has 0 radical (unpaired) electrons. The quantitative estimate of drug-likeness (QED) is 0.688. The number of hydrogen-bond donors (Lipinski definition) is 2. The minimum atomic E-state index is -4.50. The highest BCUT2D eigenvalue weighted by Crippen LogP contribution is 2.36. The van der Waals surface area contributed by atoms with Crippen molar-refractivity contribution >= 4 is 10.9 Å². The molecule has 2 aromatic rings. The van der Waals surface area contributed by atoms with Crippen LogP contribution in [-0.2, 0) is 6.18 Å². The molecule has 0 aliphatic heterocycles. The molecule has 0 bridgehead atoms. The second-order valence-corrected chi connectivity index (χ2v) is 2.83. The van der Waals surface area contributed by atoms with E-state index in [1.807, 2.05) is 0 Å². The number of alkyl halides is 3. The lowest BCUT2D eigenvalue weighted by atomic mass is 10.1. The molecule has 2 rings (SSSR count). The molecule has 3 nitrogen and oxygen atoms in total. The first-order valence-corrected chi connectivity index (χ1v) is 3.72. The molecular formula is C8H5F3N2O. The molecule has 0 unspecified atom stereocenters. The summed E-state index contributed by atoms with van der Waals surface area (Å²) in [5.41, 5.74) is -1.03. The number of nitrogens with zero attached hydrogens (tertiary/aromatic N) is 1. The van der Waals surface area contributed by atoms with Gasteiger partial charge >= 0.3 is 6.18 Å². The molecule has 0 aliphatic rings. The number of nitrogens with one attached hydrogen (secondary N) is 1. The average molecular weight is 202 g/mol. The van der Waals surface area contributed by atoms with Crippen molar-refractivity contribution in [2.75, 3.05) is 0 Å². The van der Waals surface area contributed by atoms with Crippen molar-refractivity contribution in [3.63, 3.8) is 0 Å². The fourth-order valence-corrected chi connectivity index (χ4v) is 1.27. The first kappa shape index (κ1) is 8.86. The molecule has 1 aromatic heterocycles. The van der Waals surface area contributed by atoms with Gasteiger partial charge in [0.15, 0.2) is 0 Å². The summed E-state index contributed by atoms with van der Waals surface area (Å²) in [7, 11) is 0. The fraction of sp³-hybridized carbons (Fsp3) is 0.125. The number of phenols is 1. The summed E-state index contributed by atoms with van der Waals surface area (Å²) < 4.78 is 37.2. The zero-order chi connectivity index (χ0) is 10.3. The molecule has 14 heavy (non-hydrogen) atoms. The molecule has 1 aromatic carbocycles. The van der Waals surface area contributed by atoms with E-state index in [1.54, 1.807) is 0 Å². The van der Waals surface area contributed by atoms with Crippen LogP contribution < -0.4 is 0 Å². The number of H-pyrrole nitrogens is 1. The van der Waals surface area contributed by atoms with E-state index in [0.717, 1.165) is 0 Å². The summed E-state index contributed by atoms with van der Waals surface area (Å²) in [5.74, 6) is -0.425. The Labute approximate surface area is 76.2 Å². The van der Waals surface area contributed by atoms with Crippen molar-refractivity contribution < 1.29 is 18.3 Å². The smallest absolute Gasteiger partial charge is 0.418 e. The van der Waals surface area contributed by atoms with Gasteiger partial charge in [-0.25, -0.2) is 0 Å². The maximum Gasteiger partial charge on any atom is 0.418 e. The highest BCUT2D eigenvalue weighted by atomic mass is 19.4. The third kappa shape index (κ3) is 1.28. The molecular weight excluding hydrogens is 197 g/mol. The number of phenolic OH excluding ortho intramolecular Hbond substituents is 1. The van der Waals surface area contributed by atoms with Gasteiger partial charge in [0.2, 0.25) is 0 Å². The van der Waals surface area contributed by atoms with Crippen molar-refractivity contribution in [3.8, 4) is 5.75 Å². The molecule has 0 fully saturated rings. The van der Waals surface area contributed by atoms with E-state index < -0.39 is 17.5 Å². The number of aromatic amines is 1. The van der Waals surface area contributed by atoms with Crippen LogP contribution in [0.1, 0.15) is 5.56 Å². The third-order valence-corrected chi connectivity index (χ3v) is 1.84. The molecule has 0 amide bonds. The lowest BCUT2D eigenvalue weighted by molar-refractivity contribution is -0.136. The molecule has 6 heteroatoms. The van der Waals surface area contributed by atoms with Gasteiger partial charge in [-0.2, -0.15) is 18.3 Å². The Hall–Kier alpha value is -1.72. The van der Waals surface area contributed by atoms with Gasteiger partial charge in [0, 0.05) is 5.39 Å². The standard InChI is InChI=1S/C8H5F3N2O/c9-8(10,11)6-2-5(14)1-4-3-12-13-7(4)6/h1-3,14H,(H,12,13). The van der Waals surface area contributed by atoms with Gasteiger partial charge in [0.05, 0.1) is 17.3 Å². The second kappa shape index (κ2) is 2.63. The van der Waals surface area contributed by atoms with Gasteiger partial charge in [0.25, 0.3) is 0 Å². The number of fused-ring (bicyclic) bond motifs is 1. The molecule has 0 spiro atoms. The molecule has 0 atom stereocenters. The Kier molecular flexibility index (Phi) is 1.67. The maximum absolute atomic E-state index is 12.4. The number of halogens is 3. The number of aromatic nitrogens is 2. The fourth-order valence-electron chi connectivity index (χ4n) is 1.27. The van der Waals surface area contributed by atoms with Crippen LogP contribution in [0.5, 0.6) is 5.75 Å². The van der Waals surface area contributed by atoms with E-state index >= 15 is 0 Å². The van der Waals surface area contributed by atoms with Crippen molar-refractivity contribution in [1.82, 2.24) is 10.2 Å². The number of benzene rings is 1. The van der Waals surface area contributed by atoms with Gasteiger partial charge in [-0.15, -0.1) is 0 Å². The maximum atomic E-state index is 12.4. The number of hydrogen-bond acceptors (Lipinski definition) is 2. The van der Waals surface area contributed by atoms with Crippen LogP contribution in [0.15, 0.2) is 18.3 Å². The molecule has 0 saturated carbocycles. The highest BCUT2D eigenvalue weighted by Gasteiger charge is 2.33. The Morgan fingerprint density at radius 3 is 2.64 bits per heavy atom. The van der Waals surface area contributed by atoms with Crippen LogP contribution in [0.25, 0.3) is 10.9 Å². The van der Waals surface area contributed by atoms with Crippen molar-refractivity contribution in [1.29, 1.82) is 0 Å². The molecule has 74 valence electrons. The summed E-state index contributed by atoms with van der Waals surface area (Å²) in [5, 5.41) is 15.0. The molecule has 2 N–H and O–H groups in total. The van der Waals surface area contributed by atoms with E-state index in [9.17, 15) is 13.2 Å². The number of rotatable bonds is 0. The lowest BCUT2D eigenvalue weighted by Crippen LogP contribution is -2.05. The Bertz CT molecular complexity index is 475. The SMILES string of the molecule is Oc1cc(C(F)(F)F)c2[nH]ncc2c1. The predicted octanol–water partition coefficient (Wildman–Crippen LogP) is 2.29. The average Bonchev–Trinajstić information content (AvgIpc) is 2.47. The van der Waals surface area contributed by atoms with E-state index in [0.29, 0.717) is 6.07 Å². The van der Waals surface area contributed by atoms with E-state index in [-0.39, 0.29) is 10.9 Å². The van der Waals surface area contributed by atoms with Crippen LogP contribution >= 0.6 is 0 Å². The van der Waals surface area contributed by atoms with Crippen molar-refractivity contribution in [2.24, 2.45) is 0 Å². The third-order valence-electron chi connectivity index (χ3n) is 1.84. The van der Waals surface area contributed by atoms with E-state index in [2.05, 4.69) is 10.2 Å². The van der Waals surface area contributed by atoms with E-state index in [4.69, 9.17) is 5.11 Å². The van der Waals surface area contributed by atoms with Crippen molar-refractivity contribution in [2.45, 2.75) is 6.18 Å². The van der Waals surface area contributed by atoms with Gasteiger partial charge < -0.3 is 5.11 Å². The first-order valence-electron chi connectivity index (χ1n) is 3.72. The van der Waals surface area contributed by atoms with Gasteiger partial charge in [-0.05, 0) is 12.1 Å². The first-order chi connectivity index (χ1) is 6.48. The minimum Gasteiger partial charge on any atom is -0.508 e. The van der Waals surface area contributed by atoms with Crippen LogP contribution in [0, 0.1) is 0 Å².